The molecule has 166 valence electrons. The van der Waals surface area contributed by atoms with Gasteiger partial charge in [0.05, 0.1) is 7.11 Å². The third-order valence-corrected chi connectivity index (χ3v) is 6.60. The summed E-state index contributed by atoms with van der Waals surface area (Å²) >= 11 is 0. The molecule has 0 spiro atoms. The van der Waals surface area contributed by atoms with Crippen molar-refractivity contribution in [3.8, 4) is 16.9 Å². The molecule has 0 bridgehead atoms. The molecular weight excluding hydrogens is 406 g/mol. The van der Waals surface area contributed by atoms with Crippen LogP contribution >= 0.6 is 0 Å². The van der Waals surface area contributed by atoms with Crippen molar-refractivity contribution in [1.29, 1.82) is 0 Å². The molecule has 2 aliphatic rings. The summed E-state index contributed by atoms with van der Waals surface area (Å²) in [5.74, 6) is 0.730. The fourth-order valence-electron chi connectivity index (χ4n) is 4.87. The van der Waals surface area contributed by atoms with E-state index in [1.165, 1.54) is 0 Å². The number of aromatic nitrogens is 2. The standard InChI is InChI=1S/C25H27N3O4/c1-15-6-7-18-17(8-9-21(31-3)23(18)26-15)19-13-16-14-28(25(30)22-5-4-12-32-22)11-10-20(16)27(2)24(19)29/h6-9,13,22H,4-5,10-12,14H2,1-3H3. The van der Waals surface area contributed by atoms with Crippen LogP contribution < -0.4 is 10.3 Å². The highest BCUT2D eigenvalue weighted by Crippen LogP contribution is 2.33. The fourth-order valence-corrected chi connectivity index (χ4v) is 4.87. The zero-order valence-corrected chi connectivity index (χ0v) is 18.7. The van der Waals surface area contributed by atoms with Crippen LogP contribution in [0.3, 0.4) is 0 Å². The highest BCUT2D eigenvalue weighted by Gasteiger charge is 2.31. The van der Waals surface area contributed by atoms with Gasteiger partial charge in [0.2, 0.25) is 0 Å². The number of pyridine rings is 2. The lowest BCUT2D eigenvalue weighted by Crippen LogP contribution is -2.43. The van der Waals surface area contributed by atoms with Crippen LogP contribution in [0.25, 0.3) is 22.0 Å². The Morgan fingerprint density at radius 2 is 2.06 bits per heavy atom. The van der Waals surface area contributed by atoms with Crippen molar-refractivity contribution < 1.29 is 14.3 Å². The normalized spacial score (nSPS) is 18.1. The first-order valence-electron chi connectivity index (χ1n) is 11.0. The molecule has 1 fully saturated rings. The number of ether oxygens (including phenoxy) is 2. The number of hydrogen-bond donors (Lipinski definition) is 0. The van der Waals surface area contributed by atoms with Gasteiger partial charge in [0.1, 0.15) is 17.4 Å². The summed E-state index contributed by atoms with van der Waals surface area (Å²) < 4.78 is 12.8. The van der Waals surface area contributed by atoms with E-state index in [2.05, 4.69) is 4.98 Å². The van der Waals surface area contributed by atoms with E-state index in [-0.39, 0.29) is 17.6 Å². The van der Waals surface area contributed by atoms with Gasteiger partial charge in [0, 0.05) is 55.5 Å². The zero-order valence-electron chi connectivity index (χ0n) is 18.7. The molecular formula is C25H27N3O4. The van der Waals surface area contributed by atoms with Gasteiger partial charge in [0.15, 0.2) is 0 Å². The predicted octanol–water partition coefficient (Wildman–Crippen LogP) is 2.98. The molecule has 1 unspecified atom stereocenters. The van der Waals surface area contributed by atoms with Crippen LogP contribution in [0.1, 0.15) is 29.8 Å². The van der Waals surface area contributed by atoms with E-state index in [4.69, 9.17) is 9.47 Å². The van der Waals surface area contributed by atoms with Crippen LogP contribution in [0.4, 0.5) is 0 Å². The van der Waals surface area contributed by atoms with E-state index in [9.17, 15) is 9.59 Å². The van der Waals surface area contributed by atoms with Gasteiger partial charge >= 0.3 is 0 Å². The smallest absolute Gasteiger partial charge is 0.258 e. The molecule has 1 amide bonds. The highest BCUT2D eigenvalue weighted by molar-refractivity contribution is 5.98. The summed E-state index contributed by atoms with van der Waals surface area (Å²) in [5, 5.41) is 0.870. The molecule has 0 N–H and O–H groups in total. The van der Waals surface area contributed by atoms with Crippen molar-refractivity contribution >= 4 is 16.8 Å². The molecule has 1 aromatic carbocycles. The number of aryl methyl sites for hydroxylation is 1. The number of nitrogens with zero attached hydrogens (tertiary/aromatic N) is 3. The van der Waals surface area contributed by atoms with Gasteiger partial charge in [-0.15, -0.1) is 0 Å². The molecule has 7 nitrogen and oxygen atoms in total. The van der Waals surface area contributed by atoms with Gasteiger partial charge in [-0.1, -0.05) is 6.07 Å². The number of rotatable bonds is 3. The Balaban J connectivity index is 1.60. The molecule has 2 aliphatic heterocycles. The molecule has 7 heteroatoms. The molecule has 2 aromatic heterocycles. The topological polar surface area (TPSA) is 73.7 Å². The molecule has 1 saturated heterocycles. The van der Waals surface area contributed by atoms with E-state index in [1.54, 1.807) is 11.7 Å². The largest absolute Gasteiger partial charge is 0.494 e. The third kappa shape index (κ3) is 3.37. The second kappa shape index (κ2) is 8.06. The zero-order chi connectivity index (χ0) is 22.4. The summed E-state index contributed by atoms with van der Waals surface area (Å²) in [5.41, 5.74) is 4.99. The molecule has 5 rings (SSSR count). The minimum absolute atomic E-state index is 0.0466. The Morgan fingerprint density at radius 3 is 2.81 bits per heavy atom. The van der Waals surface area contributed by atoms with E-state index in [0.717, 1.165) is 46.3 Å². The lowest BCUT2D eigenvalue weighted by Gasteiger charge is -2.32. The summed E-state index contributed by atoms with van der Waals surface area (Å²) in [6, 6.07) is 9.65. The Labute approximate surface area is 186 Å². The van der Waals surface area contributed by atoms with Crippen LogP contribution in [-0.4, -0.2) is 46.7 Å². The van der Waals surface area contributed by atoms with Crippen LogP contribution in [0.5, 0.6) is 5.75 Å². The average Bonchev–Trinajstić information content (AvgIpc) is 3.35. The van der Waals surface area contributed by atoms with Crippen LogP contribution in [0.2, 0.25) is 0 Å². The summed E-state index contributed by atoms with van der Waals surface area (Å²) in [7, 11) is 3.44. The van der Waals surface area contributed by atoms with E-state index >= 15 is 0 Å². The van der Waals surface area contributed by atoms with Gasteiger partial charge in [-0.05, 0) is 55.2 Å². The first kappa shape index (κ1) is 20.7. The highest BCUT2D eigenvalue weighted by atomic mass is 16.5. The van der Waals surface area contributed by atoms with Crippen molar-refractivity contribution in [3.63, 3.8) is 0 Å². The first-order valence-corrected chi connectivity index (χ1v) is 11.0. The maximum absolute atomic E-state index is 13.3. The number of carbonyl (C=O) groups is 1. The monoisotopic (exact) mass is 433 g/mol. The number of hydrogen-bond acceptors (Lipinski definition) is 5. The second-order valence-corrected chi connectivity index (χ2v) is 8.57. The third-order valence-electron chi connectivity index (χ3n) is 6.60. The predicted molar refractivity (Wildman–Crippen MR) is 122 cm³/mol. The van der Waals surface area contributed by atoms with Gasteiger partial charge < -0.3 is 18.9 Å². The summed E-state index contributed by atoms with van der Waals surface area (Å²) in [6.07, 6.45) is 2.04. The number of carbonyl (C=O) groups excluding carboxylic acids is 1. The molecule has 3 aromatic rings. The molecule has 32 heavy (non-hydrogen) atoms. The minimum atomic E-state index is -0.330. The van der Waals surface area contributed by atoms with Gasteiger partial charge in [-0.2, -0.15) is 0 Å². The molecule has 0 aliphatic carbocycles. The number of benzene rings is 1. The molecule has 0 saturated carbocycles. The summed E-state index contributed by atoms with van der Waals surface area (Å²) in [6.45, 7) is 3.67. The van der Waals surface area contributed by atoms with Crippen molar-refractivity contribution in [2.24, 2.45) is 7.05 Å². The summed E-state index contributed by atoms with van der Waals surface area (Å²) in [4.78, 5) is 32.8. The number of amides is 1. The van der Waals surface area contributed by atoms with Crippen molar-refractivity contribution in [3.05, 3.63) is 57.6 Å². The lowest BCUT2D eigenvalue weighted by molar-refractivity contribution is -0.141. The van der Waals surface area contributed by atoms with Crippen molar-refractivity contribution in [2.45, 2.75) is 38.8 Å². The quantitative estimate of drug-likeness (QED) is 0.635. The SMILES string of the molecule is COc1ccc(-c2cc3c(n(C)c2=O)CCN(C(=O)C2CCCO2)C3)c2ccc(C)nc12. The first-order chi connectivity index (χ1) is 15.5. The molecule has 1 atom stereocenters. The van der Waals surface area contributed by atoms with E-state index in [0.29, 0.717) is 37.4 Å². The number of fused-ring (bicyclic) bond motifs is 2. The maximum Gasteiger partial charge on any atom is 0.258 e. The van der Waals surface area contributed by atoms with Gasteiger partial charge in [0.25, 0.3) is 11.5 Å². The lowest BCUT2D eigenvalue weighted by atomic mass is 9.96. The Kier molecular flexibility index (Phi) is 5.21. The average molecular weight is 434 g/mol. The number of methoxy groups -OCH3 is 1. The maximum atomic E-state index is 13.3. The van der Waals surface area contributed by atoms with Crippen molar-refractivity contribution in [1.82, 2.24) is 14.5 Å². The van der Waals surface area contributed by atoms with E-state index in [1.807, 2.05) is 49.2 Å². The minimum Gasteiger partial charge on any atom is -0.494 e. The Hall–Kier alpha value is -3.19. The molecule has 4 heterocycles. The van der Waals surface area contributed by atoms with Crippen LogP contribution in [0, 0.1) is 6.92 Å². The Bertz CT molecular complexity index is 1270. The van der Waals surface area contributed by atoms with Crippen LogP contribution in [0.15, 0.2) is 35.1 Å². The Morgan fingerprint density at radius 1 is 1.22 bits per heavy atom. The fraction of sp³-hybridized carbons (Fsp3) is 0.400. The second-order valence-electron chi connectivity index (χ2n) is 8.57. The van der Waals surface area contributed by atoms with Gasteiger partial charge in [-0.25, -0.2) is 4.98 Å². The molecule has 0 radical (unpaired) electrons. The van der Waals surface area contributed by atoms with Crippen molar-refractivity contribution in [2.75, 3.05) is 20.3 Å². The van der Waals surface area contributed by atoms with Gasteiger partial charge in [-0.3, -0.25) is 9.59 Å². The van der Waals surface area contributed by atoms with E-state index < -0.39 is 0 Å². The van der Waals surface area contributed by atoms with Crippen LogP contribution in [-0.2, 0) is 29.5 Å².